The molecule has 104 valence electrons. The van der Waals surface area contributed by atoms with Gasteiger partial charge in [0.05, 0.1) is 6.54 Å². The first kappa shape index (κ1) is 13.6. The molecule has 2 N–H and O–H groups in total. The number of carbonyl (C=O) groups excluding carboxylic acids is 2. The van der Waals surface area contributed by atoms with Crippen LogP contribution in [-0.4, -0.2) is 36.2 Å². The molecule has 0 aromatic rings. The number of hydrogen-bond donors (Lipinski definition) is 2. The van der Waals surface area contributed by atoms with E-state index in [-0.39, 0.29) is 29.7 Å². The van der Waals surface area contributed by atoms with Crippen molar-refractivity contribution >= 4 is 11.8 Å². The minimum Gasteiger partial charge on any atom is -0.354 e. The molecular formula is C11H18N6O2. The molecule has 0 aliphatic carbocycles. The molecule has 2 aliphatic rings. The molecular weight excluding hydrogens is 248 g/mol. The summed E-state index contributed by atoms with van der Waals surface area (Å²) in [7, 11) is 0. The highest BCUT2D eigenvalue weighted by Gasteiger charge is 2.34. The van der Waals surface area contributed by atoms with E-state index in [1.807, 2.05) is 13.8 Å². The third-order valence-corrected chi connectivity index (χ3v) is 3.08. The average Bonchev–Trinajstić information content (AvgIpc) is 3.26. The molecule has 0 atom stereocenters. The molecule has 8 nitrogen and oxygen atoms in total. The maximum atomic E-state index is 11.5. The van der Waals surface area contributed by atoms with Gasteiger partial charge in [0, 0.05) is 25.8 Å². The summed E-state index contributed by atoms with van der Waals surface area (Å²) in [5.74, 6) is -0.363. The zero-order valence-electron chi connectivity index (χ0n) is 11.1. The molecule has 2 amide bonds. The van der Waals surface area contributed by atoms with Crippen molar-refractivity contribution in [3.05, 3.63) is 0 Å². The highest BCUT2D eigenvalue weighted by molar-refractivity contribution is 5.84. The first-order valence-electron chi connectivity index (χ1n) is 6.32. The van der Waals surface area contributed by atoms with Crippen LogP contribution in [0.1, 0.15) is 33.1 Å². The Hall–Kier alpha value is -1.86. The molecule has 0 bridgehead atoms. The highest BCUT2D eigenvalue weighted by atomic mass is 16.2. The van der Waals surface area contributed by atoms with Gasteiger partial charge in [0.25, 0.3) is 0 Å². The molecule has 0 spiro atoms. The zero-order valence-corrected chi connectivity index (χ0v) is 11.1. The molecule has 2 heterocycles. The Labute approximate surface area is 111 Å². The molecule has 0 aromatic heterocycles. The van der Waals surface area contributed by atoms with Gasteiger partial charge >= 0.3 is 0 Å². The normalized spacial score (nSPS) is 19.9. The molecule has 0 fully saturated rings. The molecule has 2 aliphatic heterocycles. The predicted octanol–water partition coefficient (Wildman–Crippen LogP) is 0.753. The Kier molecular flexibility index (Phi) is 3.59. The summed E-state index contributed by atoms with van der Waals surface area (Å²) in [5.41, 5.74) is -0.671. The predicted molar refractivity (Wildman–Crippen MR) is 66.4 cm³/mol. The van der Waals surface area contributed by atoms with Gasteiger partial charge in [0.2, 0.25) is 11.8 Å². The summed E-state index contributed by atoms with van der Waals surface area (Å²) in [4.78, 5) is 22.9. The lowest BCUT2D eigenvalue weighted by Crippen LogP contribution is -2.38. The Balaban J connectivity index is 1.49. The molecule has 19 heavy (non-hydrogen) atoms. The first-order chi connectivity index (χ1) is 8.91. The third-order valence-electron chi connectivity index (χ3n) is 3.08. The van der Waals surface area contributed by atoms with Gasteiger partial charge in [-0.15, -0.1) is 0 Å². The Morgan fingerprint density at radius 3 is 2.05 bits per heavy atom. The van der Waals surface area contributed by atoms with Crippen LogP contribution in [0.3, 0.4) is 0 Å². The maximum Gasteiger partial charge on any atom is 0.239 e. The molecule has 2 rings (SSSR count). The number of nitrogens with one attached hydrogen (secondary N) is 2. The van der Waals surface area contributed by atoms with Gasteiger partial charge in [-0.3, -0.25) is 9.59 Å². The van der Waals surface area contributed by atoms with Crippen LogP contribution in [0.25, 0.3) is 0 Å². The number of carbonyl (C=O) groups is 2. The van der Waals surface area contributed by atoms with Crippen molar-refractivity contribution < 1.29 is 9.59 Å². The summed E-state index contributed by atoms with van der Waals surface area (Å²) >= 11 is 0. The van der Waals surface area contributed by atoms with Gasteiger partial charge in [0.15, 0.2) is 11.3 Å². The van der Waals surface area contributed by atoms with Crippen molar-refractivity contribution in [2.24, 2.45) is 20.5 Å². The molecule has 0 unspecified atom stereocenters. The Bertz CT molecular complexity index is 432. The van der Waals surface area contributed by atoms with Crippen molar-refractivity contribution in [2.45, 2.75) is 44.4 Å². The van der Waals surface area contributed by atoms with E-state index in [4.69, 9.17) is 0 Å². The van der Waals surface area contributed by atoms with Crippen molar-refractivity contribution in [3.63, 3.8) is 0 Å². The fourth-order valence-corrected chi connectivity index (χ4v) is 1.49. The Morgan fingerprint density at radius 2 is 1.47 bits per heavy atom. The lowest BCUT2D eigenvalue weighted by atomic mass is 10.1. The lowest BCUT2D eigenvalue weighted by molar-refractivity contribution is -0.126. The largest absolute Gasteiger partial charge is 0.354 e. The lowest BCUT2D eigenvalue weighted by Gasteiger charge is -2.08. The summed E-state index contributed by atoms with van der Waals surface area (Å²) in [6.07, 6.45) is 1.60. The standard InChI is InChI=1S/C11H18N6O2/c1-10(14-15-10)4-3-8(18)13-7-9(19)12-6-5-11(2)16-17-11/h3-7H2,1-2H3,(H,12,19)(H,13,18). The van der Waals surface area contributed by atoms with Crippen LogP contribution < -0.4 is 10.6 Å². The zero-order chi connectivity index (χ0) is 13.9. The van der Waals surface area contributed by atoms with Crippen molar-refractivity contribution in [1.29, 1.82) is 0 Å². The van der Waals surface area contributed by atoms with Crippen LogP contribution in [0.5, 0.6) is 0 Å². The monoisotopic (exact) mass is 266 g/mol. The minimum atomic E-state index is -0.369. The minimum absolute atomic E-state index is 0.00513. The number of nitrogens with zero attached hydrogens (tertiary/aromatic N) is 4. The van der Waals surface area contributed by atoms with E-state index in [9.17, 15) is 9.59 Å². The van der Waals surface area contributed by atoms with Crippen LogP contribution in [0.15, 0.2) is 20.5 Å². The third kappa shape index (κ3) is 4.72. The van der Waals surface area contributed by atoms with Gasteiger partial charge in [-0.1, -0.05) is 0 Å². The van der Waals surface area contributed by atoms with Gasteiger partial charge in [-0.2, -0.15) is 20.5 Å². The van der Waals surface area contributed by atoms with E-state index in [2.05, 4.69) is 31.1 Å². The summed E-state index contributed by atoms with van der Waals surface area (Å²) in [6, 6.07) is 0. The molecule has 0 saturated heterocycles. The molecule has 0 saturated carbocycles. The van der Waals surface area contributed by atoms with E-state index in [0.717, 1.165) is 0 Å². The van der Waals surface area contributed by atoms with Crippen LogP contribution in [0.4, 0.5) is 0 Å². The summed E-state index contributed by atoms with van der Waals surface area (Å²) in [6.45, 7) is 4.26. The van der Waals surface area contributed by atoms with Gasteiger partial charge < -0.3 is 10.6 Å². The van der Waals surface area contributed by atoms with Crippen LogP contribution in [0.2, 0.25) is 0 Å². The summed E-state index contributed by atoms with van der Waals surface area (Å²) in [5, 5.41) is 20.6. The first-order valence-corrected chi connectivity index (χ1v) is 6.32. The Morgan fingerprint density at radius 1 is 0.895 bits per heavy atom. The molecule has 0 aromatic carbocycles. The van der Waals surface area contributed by atoms with Gasteiger partial charge in [-0.25, -0.2) is 0 Å². The quantitative estimate of drug-likeness (QED) is 0.676. The number of amides is 2. The highest BCUT2D eigenvalue weighted by Crippen LogP contribution is 2.31. The molecule has 8 heteroatoms. The average molecular weight is 266 g/mol. The van der Waals surface area contributed by atoms with Crippen molar-refractivity contribution in [2.75, 3.05) is 13.1 Å². The van der Waals surface area contributed by atoms with Crippen molar-refractivity contribution in [1.82, 2.24) is 10.6 Å². The van der Waals surface area contributed by atoms with Crippen LogP contribution >= 0.6 is 0 Å². The van der Waals surface area contributed by atoms with E-state index >= 15 is 0 Å². The molecule has 0 radical (unpaired) electrons. The second kappa shape index (κ2) is 5.02. The maximum absolute atomic E-state index is 11.5. The smallest absolute Gasteiger partial charge is 0.239 e. The second-order valence-electron chi connectivity index (χ2n) is 5.21. The topological polar surface area (TPSA) is 108 Å². The van der Waals surface area contributed by atoms with Crippen LogP contribution in [0, 0.1) is 0 Å². The van der Waals surface area contributed by atoms with Crippen LogP contribution in [-0.2, 0) is 9.59 Å². The van der Waals surface area contributed by atoms with E-state index in [0.29, 0.717) is 25.8 Å². The SMILES string of the molecule is CC1(CCNC(=O)CNC(=O)CCC2(C)N=N2)N=N1. The number of rotatable bonds is 8. The van der Waals surface area contributed by atoms with E-state index < -0.39 is 0 Å². The van der Waals surface area contributed by atoms with Gasteiger partial charge in [-0.05, 0) is 13.8 Å². The fraction of sp³-hybridized carbons (Fsp3) is 0.818. The second-order valence-corrected chi connectivity index (χ2v) is 5.21. The van der Waals surface area contributed by atoms with Crippen molar-refractivity contribution in [3.8, 4) is 0 Å². The number of hydrogen-bond acceptors (Lipinski definition) is 6. The van der Waals surface area contributed by atoms with E-state index in [1.165, 1.54) is 0 Å². The van der Waals surface area contributed by atoms with Gasteiger partial charge in [0.1, 0.15) is 0 Å². The summed E-state index contributed by atoms with van der Waals surface area (Å²) < 4.78 is 0. The fourth-order valence-electron chi connectivity index (χ4n) is 1.49. The van der Waals surface area contributed by atoms with E-state index in [1.54, 1.807) is 0 Å².